The predicted octanol–water partition coefficient (Wildman–Crippen LogP) is 5.97. The van der Waals surface area contributed by atoms with Gasteiger partial charge < -0.3 is 5.32 Å². The monoisotopic (exact) mass is 307 g/mol. The lowest BCUT2D eigenvalue weighted by Gasteiger charge is -2.28. The fourth-order valence-corrected chi connectivity index (χ4v) is 3.82. The van der Waals surface area contributed by atoms with E-state index >= 15 is 0 Å². The summed E-state index contributed by atoms with van der Waals surface area (Å²) in [6, 6.07) is 4.85. The summed E-state index contributed by atoms with van der Waals surface area (Å²) in [5, 5.41) is 4.67. The van der Waals surface area contributed by atoms with Crippen LogP contribution < -0.4 is 5.32 Å². The van der Waals surface area contributed by atoms with Gasteiger partial charge in [0.05, 0.1) is 0 Å². The molecule has 2 heteroatoms. The largest absolute Gasteiger partial charge is 0.310 e. The van der Waals surface area contributed by atoms with Gasteiger partial charge in [-0.2, -0.15) is 0 Å². The minimum Gasteiger partial charge on any atom is -0.310 e. The maximum absolute atomic E-state index is 6.55. The Labute approximate surface area is 135 Å². The standard InChI is InChI=1S/C19H30ClN/c1-4-10-21-19(13-16-8-6-5-7-9-16)17-11-14(2)15(3)12-18(17)20/h11-12,16,19,21H,4-10,13H2,1-3H3. The van der Waals surface area contributed by atoms with Gasteiger partial charge in [0.25, 0.3) is 0 Å². The molecule has 1 aliphatic rings. The molecular weight excluding hydrogens is 278 g/mol. The molecule has 0 aromatic heterocycles. The van der Waals surface area contributed by atoms with E-state index in [-0.39, 0.29) is 0 Å². The number of benzene rings is 1. The van der Waals surface area contributed by atoms with Gasteiger partial charge in [0, 0.05) is 11.1 Å². The van der Waals surface area contributed by atoms with Gasteiger partial charge in [-0.25, -0.2) is 0 Å². The van der Waals surface area contributed by atoms with Crippen LogP contribution in [0.4, 0.5) is 0 Å². The second-order valence-corrected chi connectivity index (χ2v) is 7.11. The number of halogens is 1. The first-order valence-electron chi connectivity index (χ1n) is 8.61. The molecule has 0 spiro atoms. The van der Waals surface area contributed by atoms with E-state index in [0.717, 1.165) is 17.5 Å². The molecule has 1 nitrogen and oxygen atoms in total. The lowest BCUT2D eigenvalue weighted by Crippen LogP contribution is -2.25. The third-order valence-corrected chi connectivity index (χ3v) is 5.25. The molecule has 1 unspecified atom stereocenters. The number of hydrogen-bond donors (Lipinski definition) is 1. The van der Waals surface area contributed by atoms with E-state index in [1.807, 2.05) is 0 Å². The Morgan fingerprint density at radius 2 is 1.81 bits per heavy atom. The van der Waals surface area contributed by atoms with Crippen molar-refractivity contribution in [2.24, 2.45) is 5.92 Å². The maximum Gasteiger partial charge on any atom is 0.0456 e. The molecule has 0 bridgehead atoms. The zero-order valence-corrected chi connectivity index (χ0v) is 14.6. The van der Waals surface area contributed by atoms with E-state index in [4.69, 9.17) is 11.6 Å². The topological polar surface area (TPSA) is 12.0 Å². The van der Waals surface area contributed by atoms with E-state index < -0.39 is 0 Å². The molecule has 1 aliphatic carbocycles. The number of rotatable bonds is 6. The third kappa shape index (κ3) is 4.72. The van der Waals surface area contributed by atoms with Crippen LogP contribution in [0.3, 0.4) is 0 Å². The predicted molar refractivity (Wildman–Crippen MR) is 93.2 cm³/mol. The third-order valence-electron chi connectivity index (χ3n) is 4.92. The zero-order valence-electron chi connectivity index (χ0n) is 13.8. The van der Waals surface area contributed by atoms with Crippen molar-refractivity contribution in [1.29, 1.82) is 0 Å². The Balaban J connectivity index is 2.16. The smallest absolute Gasteiger partial charge is 0.0456 e. The van der Waals surface area contributed by atoms with Crippen LogP contribution in [0.1, 0.15) is 74.6 Å². The second-order valence-electron chi connectivity index (χ2n) is 6.70. The van der Waals surface area contributed by atoms with Crippen molar-refractivity contribution in [3.63, 3.8) is 0 Å². The van der Waals surface area contributed by atoms with Crippen LogP contribution in [0.15, 0.2) is 12.1 Å². The van der Waals surface area contributed by atoms with E-state index in [1.165, 1.54) is 61.6 Å². The fourth-order valence-electron chi connectivity index (χ4n) is 3.47. The highest BCUT2D eigenvalue weighted by Crippen LogP contribution is 2.35. The Morgan fingerprint density at radius 1 is 1.14 bits per heavy atom. The molecule has 0 heterocycles. The highest BCUT2D eigenvalue weighted by Gasteiger charge is 2.21. The first-order chi connectivity index (χ1) is 10.1. The van der Waals surface area contributed by atoms with Crippen molar-refractivity contribution in [1.82, 2.24) is 5.32 Å². The zero-order chi connectivity index (χ0) is 15.2. The SMILES string of the molecule is CCCNC(CC1CCCCC1)c1cc(C)c(C)cc1Cl. The lowest BCUT2D eigenvalue weighted by atomic mass is 9.83. The van der Waals surface area contributed by atoms with Crippen molar-refractivity contribution in [3.8, 4) is 0 Å². The van der Waals surface area contributed by atoms with Crippen LogP contribution in [0.25, 0.3) is 0 Å². The van der Waals surface area contributed by atoms with Gasteiger partial charge in [-0.1, -0.05) is 56.7 Å². The van der Waals surface area contributed by atoms with Crippen LogP contribution in [0, 0.1) is 19.8 Å². The molecule has 1 aromatic carbocycles. The maximum atomic E-state index is 6.55. The molecule has 0 amide bonds. The van der Waals surface area contributed by atoms with Gasteiger partial charge >= 0.3 is 0 Å². The Kier molecular flexibility index (Phi) is 6.57. The quantitative estimate of drug-likeness (QED) is 0.683. The van der Waals surface area contributed by atoms with E-state index in [0.29, 0.717) is 6.04 Å². The summed E-state index contributed by atoms with van der Waals surface area (Å²) < 4.78 is 0. The molecule has 0 aliphatic heterocycles. The van der Waals surface area contributed by atoms with Crippen molar-refractivity contribution in [3.05, 3.63) is 33.8 Å². The first kappa shape index (κ1) is 16.8. The molecular formula is C19H30ClN. The first-order valence-corrected chi connectivity index (χ1v) is 8.99. The summed E-state index contributed by atoms with van der Waals surface area (Å²) >= 11 is 6.55. The molecule has 0 radical (unpaired) electrons. The van der Waals surface area contributed by atoms with Crippen LogP contribution in [-0.4, -0.2) is 6.54 Å². The average molecular weight is 308 g/mol. The lowest BCUT2D eigenvalue weighted by molar-refractivity contribution is 0.300. The van der Waals surface area contributed by atoms with Crippen molar-refractivity contribution >= 4 is 11.6 Å². The van der Waals surface area contributed by atoms with Crippen LogP contribution in [0.5, 0.6) is 0 Å². The van der Waals surface area contributed by atoms with Gasteiger partial charge in [0.15, 0.2) is 0 Å². The number of hydrogen-bond acceptors (Lipinski definition) is 1. The Hall–Kier alpha value is -0.530. The summed E-state index contributed by atoms with van der Waals surface area (Å²) in [6.45, 7) is 7.63. The van der Waals surface area contributed by atoms with Gasteiger partial charge in [-0.15, -0.1) is 0 Å². The fraction of sp³-hybridized carbons (Fsp3) is 0.684. The minimum atomic E-state index is 0.417. The Bertz CT molecular complexity index is 449. The molecule has 1 saturated carbocycles. The summed E-state index contributed by atoms with van der Waals surface area (Å²) in [5.41, 5.74) is 3.94. The van der Waals surface area contributed by atoms with Gasteiger partial charge in [-0.05, 0) is 61.9 Å². The highest BCUT2D eigenvalue weighted by molar-refractivity contribution is 6.31. The summed E-state index contributed by atoms with van der Waals surface area (Å²) in [4.78, 5) is 0. The average Bonchev–Trinajstić information content (AvgIpc) is 2.48. The van der Waals surface area contributed by atoms with Crippen LogP contribution in [0.2, 0.25) is 5.02 Å². The molecule has 118 valence electrons. The van der Waals surface area contributed by atoms with Crippen LogP contribution in [-0.2, 0) is 0 Å². The highest BCUT2D eigenvalue weighted by atomic mass is 35.5. The summed E-state index contributed by atoms with van der Waals surface area (Å²) in [7, 11) is 0. The second kappa shape index (κ2) is 8.19. The normalized spacial score (nSPS) is 17.9. The molecule has 1 N–H and O–H groups in total. The molecule has 1 aromatic rings. The van der Waals surface area contributed by atoms with Crippen molar-refractivity contribution in [2.45, 2.75) is 71.8 Å². The number of nitrogens with one attached hydrogen (secondary N) is 1. The van der Waals surface area contributed by atoms with Gasteiger partial charge in [0.1, 0.15) is 0 Å². The van der Waals surface area contributed by atoms with E-state index in [2.05, 4.69) is 38.2 Å². The minimum absolute atomic E-state index is 0.417. The number of aryl methyl sites for hydroxylation is 2. The molecule has 1 atom stereocenters. The molecule has 21 heavy (non-hydrogen) atoms. The summed E-state index contributed by atoms with van der Waals surface area (Å²) in [6.07, 6.45) is 9.44. The molecule has 2 rings (SSSR count). The van der Waals surface area contributed by atoms with Crippen molar-refractivity contribution < 1.29 is 0 Å². The van der Waals surface area contributed by atoms with E-state index in [1.54, 1.807) is 0 Å². The van der Waals surface area contributed by atoms with Gasteiger partial charge in [-0.3, -0.25) is 0 Å². The van der Waals surface area contributed by atoms with Gasteiger partial charge in [0.2, 0.25) is 0 Å². The van der Waals surface area contributed by atoms with E-state index in [9.17, 15) is 0 Å². The Morgan fingerprint density at radius 3 is 2.48 bits per heavy atom. The van der Waals surface area contributed by atoms with Crippen LogP contribution >= 0.6 is 11.6 Å². The summed E-state index contributed by atoms with van der Waals surface area (Å²) in [5.74, 6) is 0.866. The van der Waals surface area contributed by atoms with Crippen molar-refractivity contribution in [2.75, 3.05) is 6.54 Å². The molecule has 0 saturated heterocycles. The molecule has 1 fully saturated rings.